The lowest BCUT2D eigenvalue weighted by Crippen LogP contribution is -2.61. The second-order valence-electron chi connectivity index (χ2n) is 14.6. The van der Waals surface area contributed by atoms with E-state index in [4.69, 9.17) is 0 Å². The van der Waals surface area contributed by atoms with E-state index in [-0.39, 0.29) is 6.71 Å². The highest BCUT2D eigenvalue weighted by Gasteiger charge is 2.43. The third-order valence-corrected chi connectivity index (χ3v) is 11.4. The van der Waals surface area contributed by atoms with Gasteiger partial charge in [0.05, 0.1) is 11.6 Å². The van der Waals surface area contributed by atoms with Gasteiger partial charge in [0.2, 0.25) is 0 Å². The molecule has 0 bridgehead atoms. The zero-order chi connectivity index (χ0) is 38.5. The van der Waals surface area contributed by atoms with Gasteiger partial charge in [0.15, 0.2) is 0 Å². The molecule has 57 heavy (non-hydrogen) atoms. The Morgan fingerprint density at radius 2 is 0.789 bits per heavy atom. The number of hydrogen-bond donors (Lipinski definition) is 0. The molecule has 2 heterocycles. The number of fused-ring (bicyclic) bond motifs is 4. The number of rotatable bonds is 7. The molecule has 10 rings (SSSR count). The number of para-hydroxylation sites is 2. The number of nitrogens with zero attached hydrogens (tertiary/aromatic N) is 3. The largest absolute Gasteiger partial charge is 0.311 e. The molecule has 2 aliphatic heterocycles. The smallest absolute Gasteiger partial charge is 0.252 e. The van der Waals surface area contributed by atoms with Crippen LogP contribution in [0.3, 0.4) is 0 Å². The first kappa shape index (κ1) is 33.9. The van der Waals surface area contributed by atoms with E-state index in [0.29, 0.717) is 5.56 Å². The van der Waals surface area contributed by atoms with Gasteiger partial charge in [-0.1, -0.05) is 147 Å². The van der Waals surface area contributed by atoms with E-state index in [1.54, 1.807) is 0 Å². The molecule has 0 aliphatic carbocycles. The highest BCUT2D eigenvalue weighted by atomic mass is 15.2. The Kier molecular flexibility index (Phi) is 8.28. The third-order valence-electron chi connectivity index (χ3n) is 11.4. The fraction of sp³-hybridized carbons (Fsp3) is 0. The van der Waals surface area contributed by atoms with E-state index in [1.807, 2.05) is 24.3 Å². The molecule has 0 amide bonds. The van der Waals surface area contributed by atoms with Gasteiger partial charge in [-0.15, -0.1) is 0 Å². The number of hydrogen-bond acceptors (Lipinski definition) is 3. The zero-order valence-electron chi connectivity index (χ0n) is 31.3. The highest BCUT2D eigenvalue weighted by Crippen LogP contribution is 2.46. The van der Waals surface area contributed by atoms with Crippen LogP contribution in [0.4, 0.5) is 34.1 Å². The van der Waals surface area contributed by atoms with Gasteiger partial charge < -0.3 is 9.80 Å². The first-order chi connectivity index (χ1) is 28.1. The molecule has 2 aliphatic rings. The van der Waals surface area contributed by atoms with Gasteiger partial charge in [-0.25, -0.2) is 0 Å². The van der Waals surface area contributed by atoms with Crippen LogP contribution in [-0.4, -0.2) is 6.71 Å². The molecule has 0 spiro atoms. The van der Waals surface area contributed by atoms with Crippen LogP contribution in [0.2, 0.25) is 0 Å². The maximum atomic E-state index is 9.64. The summed E-state index contributed by atoms with van der Waals surface area (Å²) in [5.74, 6) is 0. The van der Waals surface area contributed by atoms with Gasteiger partial charge in [0.25, 0.3) is 6.71 Å². The molecule has 0 saturated heterocycles. The summed E-state index contributed by atoms with van der Waals surface area (Å²) >= 11 is 0. The van der Waals surface area contributed by atoms with Crippen LogP contribution in [0.1, 0.15) is 16.7 Å². The van der Waals surface area contributed by atoms with E-state index in [9.17, 15) is 5.26 Å². The molecular formula is C53H36BN3. The Morgan fingerprint density at radius 3 is 1.19 bits per heavy atom. The standard InChI is InChI=1S/C53H36BN3/c1-3-36-13-19-39(20-14-36)41-25-29-45(30-26-41)56-49-11-7-5-9-47(49)54-48-10-6-8-12-50(48)57(46-31-27-42(28-32-46)40-21-15-37(4-2)16-22-40)52-34-44(33-51(56)53(52)54)43-23-17-38(35-55)18-24-43/h3-34H,1-2H2. The van der Waals surface area contributed by atoms with Crippen LogP contribution in [0.25, 0.3) is 45.5 Å². The van der Waals surface area contributed by atoms with Crippen molar-refractivity contribution in [2.24, 2.45) is 0 Å². The van der Waals surface area contributed by atoms with Gasteiger partial charge in [0.1, 0.15) is 0 Å². The van der Waals surface area contributed by atoms with Gasteiger partial charge >= 0.3 is 0 Å². The van der Waals surface area contributed by atoms with E-state index in [0.717, 1.165) is 67.5 Å². The lowest BCUT2D eigenvalue weighted by molar-refractivity contribution is 1.25. The zero-order valence-corrected chi connectivity index (χ0v) is 31.3. The van der Waals surface area contributed by atoms with E-state index in [2.05, 4.69) is 199 Å². The highest BCUT2D eigenvalue weighted by molar-refractivity contribution is 7.00. The van der Waals surface area contributed by atoms with Crippen molar-refractivity contribution in [3.63, 3.8) is 0 Å². The second kappa shape index (κ2) is 13.9. The molecule has 0 aromatic heterocycles. The Labute approximate surface area is 334 Å². The molecule has 266 valence electrons. The quantitative estimate of drug-likeness (QED) is 0.153. The van der Waals surface area contributed by atoms with E-state index in [1.165, 1.54) is 27.5 Å². The molecule has 4 heteroatoms. The van der Waals surface area contributed by atoms with Crippen molar-refractivity contribution in [2.75, 3.05) is 9.80 Å². The summed E-state index contributed by atoms with van der Waals surface area (Å²) in [7, 11) is 0. The van der Waals surface area contributed by atoms with Crippen molar-refractivity contribution >= 4 is 69.4 Å². The van der Waals surface area contributed by atoms with Crippen molar-refractivity contribution in [1.82, 2.24) is 0 Å². The van der Waals surface area contributed by atoms with Gasteiger partial charge in [-0.05, 0) is 122 Å². The Morgan fingerprint density at radius 1 is 0.421 bits per heavy atom. The normalized spacial score (nSPS) is 12.2. The molecule has 0 fully saturated rings. The molecule has 0 atom stereocenters. The van der Waals surface area contributed by atoms with Crippen LogP contribution in [0, 0.1) is 11.3 Å². The fourth-order valence-corrected chi connectivity index (χ4v) is 8.59. The maximum Gasteiger partial charge on any atom is 0.252 e. The summed E-state index contributed by atoms with van der Waals surface area (Å²) in [6.07, 6.45) is 3.75. The predicted octanol–water partition coefficient (Wildman–Crippen LogP) is 11.9. The topological polar surface area (TPSA) is 30.3 Å². The molecule has 0 radical (unpaired) electrons. The maximum absolute atomic E-state index is 9.64. The summed E-state index contributed by atoms with van der Waals surface area (Å²) in [5, 5.41) is 9.64. The molecule has 8 aromatic carbocycles. The third kappa shape index (κ3) is 5.77. The average molecular weight is 726 g/mol. The molecular weight excluding hydrogens is 689 g/mol. The van der Waals surface area contributed by atoms with E-state index >= 15 is 0 Å². The van der Waals surface area contributed by atoms with Crippen molar-refractivity contribution in [3.05, 3.63) is 212 Å². The Bertz CT molecular complexity index is 2700. The lowest BCUT2D eigenvalue weighted by atomic mass is 9.33. The number of anilines is 6. The lowest BCUT2D eigenvalue weighted by Gasteiger charge is -2.44. The summed E-state index contributed by atoms with van der Waals surface area (Å²) in [6, 6.07) is 67.5. The van der Waals surface area contributed by atoms with E-state index < -0.39 is 0 Å². The molecule has 0 N–H and O–H groups in total. The monoisotopic (exact) mass is 725 g/mol. The van der Waals surface area contributed by atoms with Crippen molar-refractivity contribution in [2.45, 2.75) is 0 Å². The van der Waals surface area contributed by atoms with Gasteiger partial charge in [-0.3, -0.25) is 0 Å². The Balaban J connectivity index is 1.19. The minimum Gasteiger partial charge on any atom is -0.311 e. The summed E-state index contributed by atoms with van der Waals surface area (Å²) in [4.78, 5) is 4.87. The first-order valence-electron chi connectivity index (χ1n) is 19.2. The second-order valence-corrected chi connectivity index (χ2v) is 14.6. The van der Waals surface area contributed by atoms with Crippen LogP contribution in [0.5, 0.6) is 0 Å². The number of nitriles is 1. The van der Waals surface area contributed by atoms with Gasteiger partial charge in [-0.2, -0.15) is 5.26 Å². The summed E-state index contributed by atoms with van der Waals surface area (Å²) in [5.41, 5.74) is 20.2. The van der Waals surface area contributed by atoms with Crippen molar-refractivity contribution in [3.8, 4) is 39.4 Å². The molecule has 0 saturated carbocycles. The summed E-state index contributed by atoms with van der Waals surface area (Å²) in [6.45, 7) is 7.86. The fourth-order valence-electron chi connectivity index (χ4n) is 8.59. The van der Waals surface area contributed by atoms with Crippen LogP contribution in [-0.2, 0) is 0 Å². The minimum absolute atomic E-state index is 0.0233. The van der Waals surface area contributed by atoms with Crippen LogP contribution < -0.4 is 26.2 Å². The SMILES string of the molecule is C=Cc1ccc(-c2ccc(N3c4ccccc4B4c5ccccc5N(c5ccc(-c6ccc(C=C)cc6)cc5)c5cc(-c6ccc(C#N)cc6)cc3c54)cc2)cc1. The molecule has 3 nitrogen and oxygen atoms in total. The predicted molar refractivity (Wildman–Crippen MR) is 242 cm³/mol. The first-order valence-corrected chi connectivity index (χ1v) is 19.2. The van der Waals surface area contributed by atoms with Crippen LogP contribution in [0.15, 0.2) is 195 Å². The summed E-state index contributed by atoms with van der Waals surface area (Å²) < 4.78 is 0. The molecule has 8 aromatic rings. The van der Waals surface area contributed by atoms with Crippen LogP contribution >= 0.6 is 0 Å². The molecule has 0 unspecified atom stereocenters. The minimum atomic E-state index is 0.0233. The van der Waals surface area contributed by atoms with Crippen molar-refractivity contribution in [1.29, 1.82) is 5.26 Å². The average Bonchev–Trinajstić information content (AvgIpc) is 3.29. The Hall–Kier alpha value is -7.61. The number of benzene rings is 8. The van der Waals surface area contributed by atoms with Crippen molar-refractivity contribution < 1.29 is 0 Å². The van der Waals surface area contributed by atoms with Gasteiger partial charge in [0, 0.05) is 34.1 Å².